The third-order valence-corrected chi connectivity index (χ3v) is 4.51. The van der Waals surface area contributed by atoms with E-state index in [1.54, 1.807) is 30.3 Å². The quantitative estimate of drug-likeness (QED) is 0.702. The molecule has 0 saturated carbocycles. The van der Waals surface area contributed by atoms with Crippen molar-refractivity contribution in [3.8, 4) is 5.75 Å². The molecule has 7 heteroatoms. The normalized spacial score (nSPS) is 16.9. The van der Waals surface area contributed by atoms with Crippen molar-refractivity contribution in [2.45, 2.75) is 26.0 Å². The Morgan fingerprint density at radius 2 is 2.00 bits per heavy atom. The fourth-order valence-electron chi connectivity index (χ4n) is 3.26. The Kier molecular flexibility index (Phi) is 5.84. The molecular weight excluding hydrogens is 362 g/mol. The van der Waals surface area contributed by atoms with Crippen molar-refractivity contribution in [1.82, 2.24) is 4.90 Å². The number of carbonyl (C=O) groups is 2. The van der Waals surface area contributed by atoms with Crippen LogP contribution in [0, 0.1) is 0 Å². The highest BCUT2D eigenvalue weighted by Gasteiger charge is 2.45. The minimum Gasteiger partial charge on any atom is -0.503 e. The number of furan rings is 1. The summed E-state index contributed by atoms with van der Waals surface area (Å²) in [5.74, 6) is -1.19. The Morgan fingerprint density at radius 3 is 2.64 bits per heavy atom. The highest BCUT2D eigenvalue weighted by atomic mass is 16.5. The van der Waals surface area contributed by atoms with Crippen LogP contribution in [-0.2, 0) is 9.53 Å². The number of hydrogen-bond donors (Lipinski definition) is 1. The number of amides is 1. The largest absolute Gasteiger partial charge is 0.503 e. The monoisotopic (exact) mass is 385 g/mol. The Balaban J connectivity index is 2.05. The molecule has 1 amide bonds. The van der Waals surface area contributed by atoms with Crippen molar-refractivity contribution in [3.63, 3.8) is 0 Å². The second-order valence-electron chi connectivity index (χ2n) is 6.63. The SMILES string of the molecule is COc1ccccc1C1C(C(=O)c2ccco2)=C(O)C(=O)N1CCOC(C)C. The van der Waals surface area contributed by atoms with E-state index in [9.17, 15) is 14.7 Å². The van der Waals surface area contributed by atoms with E-state index < -0.39 is 23.5 Å². The molecule has 7 nitrogen and oxygen atoms in total. The van der Waals surface area contributed by atoms with Crippen LogP contribution in [0.2, 0.25) is 0 Å². The molecule has 0 bridgehead atoms. The van der Waals surface area contributed by atoms with E-state index >= 15 is 0 Å². The lowest BCUT2D eigenvalue weighted by Gasteiger charge is -2.28. The van der Waals surface area contributed by atoms with Gasteiger partial charge in [0.15, 0.2) is 11.5 Å². The van der Waals surface area contributed by atoms with Crippen molar-refractivity contribution >= 4 is 11.7 Å². The lowest BCUT2D eigenvalue weighted by atomic mass is 9.94. The summed E-state index contributed by atoms with van der Waals surface area (Å²) in [4.78, 5) is 27.2. The topological polar surface area (TPSA) is 89.2 Å². The van der Waals surface area contributed by atoms with Gasteiger partial charge in [0.25, 0.3) is 5.91 Å². The van der Waals surface area contributed by atoms with Crippen molar-refractivity contribution in [2.24, 2.45) is 0 Å². The molecule has 2 aromatic rings. The van der Waals surface area contributed by atoms with Crippen LogP contribution in [-0.4, -0.2) is 48.1 Å². The van der Waals surface area contributed by atoms with Crippen LogP contribution in [0.3, 0.4) is 0 Å². The summed E-state index contributed by atoms with van der Waals surface area (Å²) >= 11 is 0. The number of hydrogen-bond acceptors (Lipinski definition) is 6. The van der Waals surface area contributed by atoms with Gasteiger partial charge >= 0.3 is 0 Å². The second-order valence-corrected chi connectivity index (χ2v) is 6.63. The number of benzene rings is 1. The summed E-state index contributed by atoms with van der Waals surface area (Å²) in [5, 5.41) is 10.5. The molecule has 0 fully saturated rings. The van der Waals surface area contributed by atoms with Gasteiger partial charge in [0.2, 0.25) is 5.78 Å². The highest BCUT2D eigenvalue weighted by molar-refractivity contribution is 6.15. The van der Waals surface area contributed by atoms with Crippen LogP contribution in [0.4, 0.5) is 0 Å². The molecule has 1 N–H and O–H groups in total. The third kappa shape index (κ3) is 3.66. The molecule has 28 heavy (non-hydrogen) atoms. The van der Waals surface area contributed by atoms with Crippen LogP contribution in [0.25, 0.3) is 0 Å². The fraction of sp³-hybridized carbons (Fsp3) is 0.333. The van der Waals surface area contributed by atoms with E-state index in [2.05, 4.69) is 0 Å². The Hall–Kier alpha value is -3.06. The van der Waals surface area contributed by atoms with E-state index in [1.807, 2.05) is 13.8 Å². The Morgan fingerprint density at radius 1 is 1.25 bits per heavy atom. The average Bonchev–Trinajstić information content (AvgIpc) is 3.30. The minimum absolute atomic E-state index is 0.00630. The number of aliphatic hydroxyl groups is 1. The molecule has 0 saturated heterocycles. The molecule has 1 atom stereocenters. The van der Waals surface area contributed by atoms with E-state index in [0.717, 1.165) is 0 Å². The number of ketones is 1. The van der Waals surface area contributed by atoms with Gasteiger partial charge in [0.1, 0.15) is 5.75 Å². The number of rotatable bonds is 8. The van der Waals surface area contributed by atoms with E-state index in [4.69, 9.17) is 13.9 Å². The first kappa shape index (κ1) is 19.7. The van der Waals surface area contributed by atoms with E-state index in [-0.39, 0.29) is 30.6 Å². The molecule has 0 radical (unpaired) electrons. The molecule has 3 rings (SSSR count). The number of ether oxygens (including phenoxy) is 2. The zero-order valence-corrected chi connectivity index (χ0v) is 16.0. The molecule has 148 valence electrons. The van der Waals surface area contributed by atoms with Gasteiger partial charge in [-0.2, -0.15) is 0 Å². The summed E-state index contributed by atoms with van der Waals surface area (Å²) < 4.78 is 16.2. The standard InChI is InChI=1S/C21H23NO6/c1-13(2)27-12-10-22-18(14-7-4-5-8-15(14)26-3)17(20(24)21(22)25)19(23)16-9-6-11-28-16/h4-9,11,13,18,24H,10,12H2,1-3H3. The van der Waals surface area contributed by atoms with Gasteiger partial charge in [-0.15, -0.1) is 0 Å². The average molecular weight is 385 g/mol. The number of para-hydroxylation sites is 1. The molecular formula is C21H23NO6. The van der Waals surface area contributed by atoms with Gasteiger partial charge in [-0.3, -0.25) is 9.59 Å². The van der Waals surface area contributed by atoms with Crippen molar-refractivity contribution in [2.75, 3.05) is 20.3 Å². The summed E-state index contributed by atoms with van der Waals surface area (Å²) in [5.41, 5.74) is 0.566. The van der Waals surface area contributed by atoms with Gasteiger partial charge < -0.3 is 23.9 Å². The van der Waals surface area contributed by atoms with Crippen molar-refractivity contribution in [1.29, 1.82) is 0 Å². The number of nitrogens with zero attached hydrogens (tertiary/aromatic N) is 1. The third-order valence-electron chi connectivity index (χ3n) is 4.51. The Bertz CT molecular complexity index is 884. The molecule has 1 aromatic heterocycles. The zero-order valence-electron chi connectivity index (χ0n) is 16.0. The first-order valence-corrected chi connectivity index (χ1v) is 9.02. The van der Waals surface area contributed by atoms with Gasteiger partial charge in [0.05, 0.1) is 37.7 Å². The second kappa shape index (κ2) is 8.31. The summed E-state index contributed by atoms with van der Waals surface area (Å²) in [6.07, 6.45) is 1.36. The summed E-state index contributed by atoms with van der Waals surface area (Å²) in [6.45, 7) is 4.26. The predicted octanol–water partition coefficient (Wildman–Crippen LogP) is 3.29. The maximum absolute atomic E-state index is 13.0. The summed E-state index contributed by atoms with van der Waals surface area (Å²) in [7, 11) is 1.51. The van der Waals surface area contributed by atoms with Gasteiger partial charge in [0, 0.05) is 12.1 Å². The zero-order chi connectivity index (χ0) is 20.3. The van der Waals surface area contributed by atoms with Gasteiger partial charge in [-0.05, 0) is 32.0 Å². The molecule has 1 aliphatic heterocycles. The first-order chi connectivity index (χ1) is 13.5. The van der Waals surface area contributed by atoms with Crippen LogP contribution < -0.4 is 4.74 Å². The fourth-order valence-corrected chi connectivity index (χ4v) is 3.26. The maximum Gasteiger partial charge on any atom is 0.290 e. The van der Waals surface area contributed by atoms with Crippen LogP contribution in [0.5, 0.6) is 5.75 Å². The lowest BCUT2D eigenvalue weighted by Crippen LogP contribution is -2.34. The Labute approximate surface area is 163 Å². The molecule has 1 unspecified atom stereocenters. The molecule has 0 spiro atoms. The predicted molar refractivity (Wildman–Crippen MR) is 101 cm³/mol. The number of carbonyl (C=O) groups excluding carboxylic acids is 2. The smallest absolute Gasteiger partial charge is 0.290 e. The van der Waals surface area contributed by atoms with Crippen molar-refractivity contribution < 1.29 is 28.6 Å². The lowest BCUT2D eigenvalue weighted by molar-refractivity contribution is -0.130. The molecule has 1 aromatic carbocycles. The van der Waals surface area contributed by atoms with Gasteiger partial charge in [-0.1, -0.05) is 18.2 Å². The van der Waals surface area contributed by atoms with Crippen LogP contribution >= 0.6 is 0 Å². The minimum atomic E-state index is -0.808. The molecule has 1 aliphatic rings. The van der Waals surface area contributed by atoms with Gasteiger partial charge in [-0.25, -0.2) is 0 Å². The maximum atomic E-state index is 13.0. The van der Waals surface area contributed by atoms with Crippen molar-refractivity contribution in [3.05, 3.63) is 65.3 Å². The number of aliphatic hydroxyl groups excluding tert-OH is 1. The highest BCUT2D eigenvalue weighted by Crippen LogP contribution is 2.42. The van der Waals surface area contributed by atoms with E-state index in [0.29, 0.717) is 11.3 Å². The number of Topliss-reactive ketones (excluding diaryl/α,β-unsaturated/α-hetero) is 1. The first-order valence-electron chi connectivity index (χ1n) is 9.02. The molecule has 2 heterocycles. The van der Waals surface area contributed by atoms with Crippen LogP contribution in [0.15, 0.2) is 58.4 Å². The van der Waals surface area contributed by atoms with E-state index in [1.165, 1.54) is 24.3 Å². The van der Waals surface area contributed by atoms with Crippen LogP contribution in [0.1, 0.15) is 36.0 Å². The summed E-state index contributed by atoms with van der Waals surface area (Å²) in [6, 6.07) is 9.36. The molecule has 0 aliphatic carbocycles. The number of methoxy groups -OCH3 is 1.